The number of nitrogens with two attached hydrogens (primary N) is 1. The maximum Gasteiger partial charge on any atom is 0.339 e. The molecule has 0 radical (unpaired) electrons. The second-order valence-corrected chi connectivity index (χ2v) is 5.73. The topological polar surface area (TPSA) is 88.2 Å². The smallest absolute Gasteiger partial charge is 0.339 e. The summed E-state index contributed by atoms with van der Waals surface area (Å²) in [5.41, 5.74) is 6.10. The van der Waals surface area contributed by atoms with Crippen molar-refractivity contribution < 1.29 is 9.90 Å². The molecule has 0 bridgehead atoms. The van der Waals surface area contributed by atoms with Crippen molar-refractivity contribution in [1.82, 2.24) is 4.98 Å². The highest BCUT2D eigenvalue weighted by Gasteiger charge is 2.25. The van der Waals surface area contributed by atoms with Crippen LogP contribution in [0.3, 0.4) is 0 Å². The lowest BCUT2D eigenvalue weighted by molar-refractivity contribution is 0.0697. The average molecular weight is 263 g/mol. The van der Waals surface area contributed by atoms with Crippen molar-refractivity contribution in [2.75, 3.05) is 11.1 Å². The maximum atomic E-state index is 11.2. The van der Waals surface area contributed by atoms with Gasteiger partial charge in [0.05, 0.1) is 11.9 Å². The molecule has 2 atom stereocenters. The van der Waals surface area contributed by atoms with Crippen molar-refractivity contribution in [3.63, 3.8) is 0 Å². The summed E-state index contributed by atoms with van der Waals surface area (Å²) in [5.74, 6) is 0.735. The first-order valence-corrected chi connectivity index (χ1v) is 6.71. The van der Waals surface area contributed by atoms with Crippen molar-refractivity contribution >= 4 is 17.5 Å². The van der Waals surface area contributed by atoms with Crippen LogP contribution in [-0.2, 0) is 0 Å². The summed E-state index contributed by atoms with van der Waals surface area (Å²) in [5, 5.41) is 12.5. The van der Waals surface area contributed by atoms with Crippen LogP contribution in [0.2, 0.25) is 0 Å². The molecular formula is C14H21N3O2. The Hall–Kier alpha value is -1.78. The van der Waals surface area contributed by atoms with E-state index in [4.69, 9.17) is 5.73 Å². The van der Waals surface area contributed by atoms with Crippen LogP contribution in [0.5, 0.6) is 0 Å². The van der Waals surface area contributed by atoms with Gasteiger partial charge in [-0.15, -0.1) is 0 Å². The summed E-state index contributed by atoms with van der Waals surface area (Å²) in [4.78, 5) is 15.3. The molecule has 0 saturated heterocycles. The van der Waals surface area contributed by atoms with E-state index in [9.17, 15) is 9.90 Å². The first kappa shape index (κ1) is 13.6. The molecule has 1 aliphatic carbocycles. The Morgan fingerprint density at radius 3 is 2.58 bits per heavy atom. The molecule has 1 aliphatic rings. The highest BCUT2D eigenvalue weighted by molar-refractivity contribution is 5.94. The Kier molecular flexibility index (Phi) is 3.93. The normalized spacial score (nSPS) is 26.9. The number of aromatic carboxylic acids is 1. The maximum absolute atomic E-state index is 11.2. The summed E-state index contributed by atoms with van der Waals surface area (Å²) >= 11 is 0. The largest absolute Gasteiger partial charge is 0.478 e. The van der Waals surface area contributed by atoms with Gasteiger partial charge in [-0.25, -0.2) is 9.78 Å². The Labute approximate surface area is 113 Å². The molecule has 4 N–H and O–H groups in total. The number of nitrogen functional groups attached to an aromatic ring is 1. The summed E-state index contributed by atoms with van der Waals surface area (Å²) in [6, 6.07) is 1.74. The molecule has 1 heterocycles. The molecule has 104 valence electrons. The van der Waals surface area contributed by atoms with Crippen LogP contribution in [0.4, 0.5) is 11.5 Å². The molecule has 2 unspecified atom stereocenters. The van der Waals surface area contributed by atoms with E-state index in [-0.39, 0.29) is 11.6 Å². The molecule has 5 nitrogen and oxygen atoms in total. The van der Waals surface area contributed by atoms with Gasteiger partial charge < -0.3 is 16.2 Å². The van der Waals surface area contributed by atoms with Gasteiger partial charge in [-0.2, -0.15) is 0 Å². The third-order valence-electron chi connectivity index (χ3n) is 3.66. The van der Waals surface area contributed by atoms with Gasteiger partial charge in [-0.3, -0.25) is 0 Å². The van der Waals surface area contributed by atoms with Crippen molar-refractivity contribution in [2.24, 2.45) is 11.8 Å². The summed E-state index contributed by atoms with van der Waals surface area (Å²) < 4.78 is 0. The first-order chi connectivity index (χ1) is 8.95. The number of hydrogen-bond donors (Lipinski definition) is 3. The fourth-order valence-corrected chi connectivity index (χ4v) is 3.02. The van der Waals surface area contributed by atoms with Gasteiger partial charge >= 0.3 is 5.97 Å². The lowest BCUT2D eigenvalue weighted by Gasteiger charge is -2.32. The van der Waals surface area contributed by atoms with Crippen molar-refractivity contribution in [3.8, 4) is 0 Å². The average Bonchev–Trinajstić information content (AvgIpc) is 2.30. The standard InChI is InChI=1S/C14H21N3O2/c1-8-3-9(2)5-11(4-8)17-13-12(14(18)19)6-10(15)7-16-13/h6-9,11H,3-5,15H2,1-2H3,(H,16,17)(H,18,19). The number of nitrogens with one attached hydrogen (secondary N) is 1. The minimum atomic E-state index is -1.00. The Morgan fingerprint density at radius 2 is 2.00 bits per heavy atom. The summed E-state index contributed by atoms with van der Waals surface area (Å²) in [7, 11) is 0. The van der Waals surface area contributed by atoms with Crippen LogP contribution in [0, 0.1) is 11.8 Å². The van der Waals surface area contributed by atoms with Crippen LogP contribution in [0.25, 0.3) is 0 Å². The van der Waals surface area contributed by atoms with Gasteiger partial charge in [0.1, 0.15) is 11.4 Å². The minimum absolute atomic E-state index is 0.144. The van der Waals surface area contributed by atoms with E-state index in [0.29, 0.717) is 23.3 Å². The predicted molar refractivity (Wildman–Crippen MR) is 75.2 cm³/mol. The number of aromatic nitrogens is 1. The van der Waals surface area contributed by atoms with Gasteiger partial charge in [0.25, 0.3) is 0 Å². The van der Waals surface area contributed by atoms with Crippen molar-refractivity contribution in [1.29, 1.82) is 0 Å². The third kappa shape index (κ3) is 3.36. The molecule has 0 amide bonds. The van der Waals surface area contributed by atoms with E-state index in [2.05, 4.69) is 24.1 Å². The van der Waals surface area contributed by atoms with Gasteiger partial charge in [-0.05, 0) is 37.2 Å². The monoisotopic (exact) mass is 263 g/mol. The van der Waals surface area contributed by atoms with Crippen LogP contribution >= 0.6 is 0 Å². The molecule has 0 aromatic carbocycles. The van der Waals surface area contributed by atoms with E-state index >= 15 is 0 Å². The second kappa shape index (κ2) is 5.47. The third-order valence-corrected chi connectivity index (χ3v) is 3.66. The van der Waals surface area contributed by atoms with Gasteiger partial charge in [0.15, 0.2) is 0 Å². The number of pyridine rings is 1. The Morgan fingerprint density at radius 1 is 1.37 bits per heavy atom. The van der Waals surface area contributed by atoms with Crippen LogP contribution < -0.4 is 11.1 Å². The second-order valence-electron chi connectivity index (χ2n) is 5.73. The van der Waals surface area contributed by atoms with Gasteiger partial charge in [-0.1, -0.05) is 13.8 Å². The highest BCUT2D eigenvalue weighted by atomic mass is 16.4. The molecule has 1 fully saturated rings. The number of hydrogen-bond acceptors (Lipinski definition) is 4. The fourth-order valence-electron chi connectivity index (χ4n) is 3.02. The van der Waals surface area contributed by atoms with E-state index in [1.165, 1.54) is 18.7 Å². The molecule has 1 aromatic rings. The number of carboxylic acids is 1. The van der Waals surface area contributed by atoms with E-state index in [1.54, 1.807) is 0 Å². The van der Waals surface area contributed by atoms with Crippen molar-refractivity contribution in [2.45, 2.75) is 39.2 Å². The van der Waals surface area contributed by atoms with E-state index < -0.39 is 5.97 Å². The Bertz CT molecular complexity index is 466. The number of anilines is 2. The van der Waals surface area contributed by atoms with E-state index in [1.807, 2.05) is 0 Å². The highest BCUT2D eigenvalue weighted by Crippen LogP contribution is 2.30. The van der Waals surface area contributed by atoms with Gasteiger partial charge in [0, 0.05) is 6.04 Å². The molecule has 19 heavy (non-hydrogen) atoms. The fraction of sp³-hybridized carbons (Fsp3) is 0.571. The number of rotatable bonds is 3. The SMILES string of the molecule is CC1CC(C)CC(Nc2ncc(N)cc2C(=O)O)C1. The van der Waals surface area contributed by atoms with Crippen molar-refractivity contribution in [3.05, 3.63) is 17.8 Å². The molecular weight excluding hydrogens is 242 g/mol. The summed E-state index contributed by atoms with van der Waals surface area (Å²) in [6.45, 7) is 4.47. The zero-order valence-electron chi connectivity index (χ0n) is 11.4. The molecule has 2 rings (SSSR count). The molecule has 0 spiro atoms. The molecule has 0 aliphatic heterocycles. The first-order valence-electron chi connectivity index (χ1n) is 6.71. The number of carboxylic acid groups (broad SMARTS) is 1. The molecule has 1 saturated carbocycles. The zero-order valence-corrected chi connectivity index (χ0v) is 11.4. The number of carbonyl (C=O) groups is 1. The minimum Gasteiger partial charge on any atom is -0.478 e. The van der Waals surface area contributed by atoms with Crippen LogP contribution in [0.1, 0.15) is 43.5 Å². The molecule has 1 aromatic heterocycles. The zero-order chi connectivity index (χ0) is 14.0. The van der Waals surface area contributed by atoms with Crippen LogP contribution in [0.15, 0.2) is 12.3 Å². The van der Waals surface area contributed by atoms with E-state index in [0.717, 1.165) is 12.8 Å². The number of nitrogens with zero attached hydrogens (tertiary/aromatic N) is 1. The Balaban J connectivity index is 2.16. The van der Waals surface area contributed by atoms with Gasteiger partial charge in [0.2, 0.25) is 0 Å². The predicted octanol–water partition coefficient (Wildman–Crippen LogP) is 2.60. The molecule has 5 heteroatoms. The van der Waals surface area contributed by atoms with Crippen LogP contribution in [-0.4, -0.2) is 22.1 Å². The summed E-state index contributed by atoms with van der Waals surface area (Å²) in [6.07, 6.45) is 4.83. The lowest BCUT2D eigenvalue weighted by Crippen LogP contribution is -2.31. The lowest BCUT2D eigenvalue weighted by atomic mass is 9.80. The quantitative estimate of drug-likeness (QED) is 0.780.